The quantitative estimate of drug-likeness (QED) is 0.880. The summed E-state index contributed by atoms with van der Waals surface area (Å²) in [5.41, 5.74) is 7.41. The predicted molar refractivity (Wildman–Crippen MR) is 84.2 cm³/mol. The van der Waals surface area contributed by atoms with Gasteiger partial charge in [-0.1, -0.05) is 18.2 Å². The Labute approximate surface area is 125 Å². The molecule has 0 aromatic heterocycles. The number of anilines is 2. The molecule has 0 unspecified atom stereocenters. The summed E-state index contributed by atoms with van der Waals surface area (Å²) >= 11 is 0. The van der Waals surface area contributed by atoms with Crippen LogP contribution in [0.3, 0.4) is 0 Å². The molecular weight excluding hydrogens is 288 g/mol. The van der Waals surface area contributed by atoms with Crippen molar-refractivity contribution in [2.75, 3.05) is 24.2 Å². The van der Waals surface area contributed by atoms with Crippen LogP contribution in [0.4, 0.5) is 11.4 Å². The smallest absolute Gasteiger partial charge is 0.264 e. The first kappa shape index (κ1) is 15.2. The van der Waals surface area contributed by atoms with Crippen LogP contribution >= 0.6 is 0 Å². The van der Waals surface area contributed by atoms with E-state index in [4.69, 9.17) is 10.5 Å². The highest BCUT2D eigenvalue weighted by Gasteiger charge is 2.23. The summed E-state index contributed by atoms with van der Waals surface area (Å²) in [5, 5.41) is 0. The molecule has 5 nitrogen and oxygen atoms in total. The maximum Gasteiger partial charge on any atom is 0.264 e. The summed E-state index contributed by atoms with van der Waals surface area (Å²) in [5.74, 6) is 0.514. The fourth-order valence-corrected chi connectivity index (χ4v) is 3.46. The monoisotopic (exact) mass is 306 g/mol. The molecule has 0 atom stereocenters. The molecule has 2 aromatic carbocycles. The molecule has 0 aliphatic heterocycles. The highest BCUT2D eigenvalue weighted by molar-refractivity contribution is 7.92. The van der Waals surface area contributed by atoms with E-state index in [2.05, 4.69) is 0 Å². The second-order valence-electron chi connectivity index (χ2n) is 4.66. The van der Waals surface area contributed by atoms with Crippen LogP contribution < -0.4 is 14.8 Å². The average Bonchev–Trinajstić information content (AvgIpc) is 2.46. The lowest BCUT2D eigenvalue weighted by molar-refractivity contribution is 0.417. The van der Waals surface area contributed by atoms with E-state index in [0.717, 1.165) is 0 Å². The van der Waals surface area contributed by atoms with Gasteiger partial charge in [0, 0.05) is 7.05 Å². The molecule has 0 aliphatic rings. The number of hydrogen-bond acceptors (Lipinski definition) is 4. The fourth-order valence-electron chi connectivity index (χ4n) is 2.05. The van der Waals surface area contributed by atoms with Crippen molar-refractivity contribution < 1.29 is 13.2 Å². The van der Waals surface area contributed by atoms with Gasteiger partial charge >= 0.3 is 0 Å². The van der Waals surface area contributed by atoms with Gasteiger partial charge in [-0.3, -0.25) is 4.31 Å². The molecule has 0 saturated heterocycles. The van der Waals surface area contributed by atoms with E-state index in [1.807, 2.05) is 0 Å². The third-order valence-electron chi connectivity index (χ3n) is 3.31. The number of aryl methyl sites for hydroxylation is 1. The number of rotatable bonds is 4. The van der Waals surface area contributed by atoms with Crippen molar-refractivity contribution in [2.24, 2.45) is 0 Å². The molecule has 0 saturated carbocycles. The van der Waals surface area contributed by atoms with Crippen molar-refractivity contribution in [1.29, 1.82) is 0 Å². The lowest BCUT2D eigenvalue weighted by Gasteiger charge is -2.21. The van der Waals surface area contributed by atoms with Gasteiger partial charge in [0.25, 0.3) is 10.0 Å². The molecule has 2 N–H and O–H groups in total. The van der Waals surface area contributed by atoms with E-state index in [9.17, 15) is 8.42 Å². The Morgan fingerprint density at radius 2 is 1.81 bits per heavy atom. The van der Waals surface area contributed by atoms with Crippen LogP contribution in [0.5, 0.6) is 5.75 Å². The summed E-state index contributed by atoms with van der Waals surface area (Å²) in [6.07, 6.45) is 0. The van der Waals surface area contributed by atoms with Crippen LogP contribution in [-0.4, -0.2) is 22.6 Å². The van der Waals surface area contributed by atoms with Gasteiger partial charge in [-0.05, 0) is 36.8 Å². The minimum Gasteiger partial charge on any atom is -0.495 e. The third kappa shape index (κ3) is 2.80. The molecule has 112 valence electrons. The Morgan fingerprint density at radius 1 is 1.14 bits per heavy atom. The maximum absolute atomic E-state index is 12.7. The lowest BCUT2D eigenvalue weighted by Crippen LogP contribution is -2.27. The molecule has 0 amide bonds. The lowest BCUT2D eigenvalue weighted by atomic mass is 10.2. The Balaban J connectivity index is 2.46. The molecule has 21 heavy (non-hydrogen) atoms. The van der Waals surface area contributed by atoms with Crippen LogP contribution in [0.2, 0.25) is 0 Å². The summed E-state index contributed by atoms with van der Waals surface area (Å²) in [6.45, 7) is 1.77. The summed E-state index contributed by atoms with van der Waals surface area (Å²) in [6, 6.07) is 11.8. The minimum absolute atomic E-state index is 0.280. The average molecular weight is 306 g/mol. The first-order chi connectivity index (χ1) is 9.87. The second kappa shape index (κ2) is 5.65. The van der Waals surface area contributed by atoms with E-state index in [1.165, 1.54) is 18.5 Å². The van der Waals surface area contributed by atoms with E-state index in [-0.39, 0.29) is 4.90 Å². The number of methoxy groups -OCH3 is 1. The number of sulfonamides is 1. The summed E-state index contributed by atoms with van der Waals surface area (Å²) in [7, 11) is -0.606. The van der Waals surface area contributed by atoms with E-state index >= 15 is 0 Å². The zero-order valence-corrected chi connectivity index (χ0v) is 13.0. The van der Waals surface area contributed by atoms with Crippen molar-refractivity contribution in [3.8, 4) is 5.75 Å². The van der Waals surface area contributed by atoms with Gasteiger partial charge in [-0.2, -0.15) is 0 Å². The number of hydrogen-bond donors (Lipinski definition) is 1. The van der Waals surface area contributed by atoms with Gasteiger partial charge in [0.1, 0.15) is 5.75 Å². The van der Waals surface area contributed by atoms with Gasteiger partial charge in [0.2, 0.25) is 0 Å². The summed E-state index contributed by atoms with van der Waals surface area (Å²) < 4.78 is 31.6. The van der Waals surface area contributed by atoms with Gasteiger partial charge in [0.05, 0.1) is 23.4 Å². The van der Waals surface area contributed by atoms with E-state index in [1.54, 1.807) is 49.4 Å². The molecule has 0 radical (unpaired) electrons. The predicted octanol–water partition coefficient (Wildman–Crippen LogP) is 2.41. The fraction of sp³-hybridized carbons (Fsp3) is 0.200. The molecule has 0 bridgehead atoms. The van der Waals surface area contributed by atoms with Crippen LogP contribution in [0.15, 0.2) is 47.4 Å². The third-order valence-corrected chi connectivity index (χ3v) is 5.25. The van der Waals surface area contributed by atoms with Crippen LogP contribution in [0.1, 0.15) is 5.56 Å². The molecule has 2 rings (SSSR count). The topological polar surface area (TPSA) is 72.6 Å². The van der Waals surface area contributed by atoms with Crippen molar-refractivity contribution in [1.82, 2.24) is 0 Å². The van der Waals surface area contributed by atoms with Crippen LogP contribution in [0, 0.1) is 6.92 Å². The molecule has 2 aromatic rings. The van der Waals surface area contributed by atoms with Gasteiger partial charge < -0.3 is 10.5 Å². The number of nitrogens with two attached hydrogens (primary N) is 1. The summed E-state index contributed by atoms with van der Waals surface area (Å²) in [4.78, 5) is 0.280. The molecule has 0 spiro atoms. The van der Waals surface area contributed by atoms with Crippen molar-refractivity contribution >= 4 is 21.4 Å². The SMILES string of the molecule is COc1ccc(N(C)S(=O)(=O)c2ccccc2C)cc1N. The maximum atomic E-state index is 12.7. The zero-order valence-electron chi connectivity index (χ0n) is 12.2. The van der Waals surface area contributed by atoms with Crippen molar-refractivity contribution in [3.05, 3.63) is 48.0 Å². The van der Waals surface area contributed by atoms with Crippen molar-refractivity contribution in [3.63, 3.8) is 0 Å². The first-order valence-corrected chi connectivity index (χ1v) is 7.80. The Morgan fingerprint density at radius 3 is 2.38 bits per heavy atom. The molecule has 0 fully saturated rings. The Hall–Kier alpha value is -2.21. The number of benzene rings is 2. The standard InChI is InChI=1S/C15H18N2O3S/c1-11-6-4-5-7-15(11)21(18,19)17(2)12-8-9-14(20-3)13(16)10-12/h4-10H,16H2,1-3H3. The van der Waals surface area contributed by atoms with E-state index in [0.29, 0.717) is 22.7 Å². The largest absolute Gasteiger partial charge is 0.495 e. The van der Waals surface area contributed by atoms with E-state index < -0.39 is 10.0 Å². The Kier molecular flexibility index (Phi) is 4.09. The minimum atomic E-state index is -3.62. The molecule has 0 aliphatic carbocycles. The first-order valence-electron chi connectivity index (χ1n) is 6.36. The molecule has 6 heteroatoms. The van der Waals surface area contributed by atoms with Gasteiger partial charge in [0.15, 0.2) is 0 Å². The number of nitrogen functional groups attached to an aromatic ring is 1. The zero-order chi connectivity index (χ0) is 15.6. The van der Waals surface area contributed by atoms with Gasteiger partial charge in [-0.25, -0.2) is 8.42 Å². The highest BCUT2D eigenvalue weighted by atomic mass is 32.2. The van der Waals surface area contributed by atoms with Gasteiger partial charge in [-0.15, -0.1) is 0 Å². The van der Waals surface area contributed by atoms with Crippen molar-refractivity contribution in [2.45, 2.75) is 11.8 Å². The molecule has 0 heterocycles. The highest BCUT2D eigenvalue weighted by Crippen LogP contribution is 2.30. The molecular formula is C15H18N2O3S. The number of nitrogens with zero attached hydrogens (tertiary/aromatic N) is 1. The second-order valence-corrected chi connectivity index (χ2v) is 6.60. The Bertz CT molecular complexity index is 757. The van der Waals surface area contributed by atoms with Crippen LogP contribution in [0.25, 0.3) is 0 Å². The number of ether oxygens (including phenoxy) is 1. The van der Waals surface area contributed by atoms with Crippen LogP contribution in [-0.2, 0) is 10.0 Å². The normalized spacial score (nSPS) is 11.2.